The van der Waals surface area contributed by atoms with Gasteiger partial charge in [0.1, 0.15) is 4.88 Å². The fourth-order valence-electron chi connectivity index (χ4n) is 2.36. The number of aryl methyl sites for hydroxylation is 1. The number of benzene rings is 1. The van der Waals surface area contributed by atoms with Gasteiger partial charge in [-0.05, 0) is 25.0 Å². The van der Waals surface area contributed by atoms with Crippen molar-refractivity contribution in [1.29, 1.82) is 0 Å². The summed E-state index contributed by atoms with van der Waals surface area (Å²) in [6.45, 7) is 2.37. The molecule has 1 amide bonds. The Balaban J connectivity index is 1.64. The number of anilines is 1. The Labute approximate surface area is 126 Å². The number of hydrogen-bond donors (Lipinski definition) is 3. The summed E-state index contributed by atoms with van der Waals surface area (Å²) in [5.41, 5.74) is 8.61. The van der Waals surface area contributed by atoms with E-state index < -0.39 is 0 Å². The SMILES string of the molecule is Cc1nc(N)sc1C(=O)NCCc1c[nH]c2ccccc12. The third-order valence-electron chi connectivity index (χ3n) is 3.37. The molecule has 3 aromatic rings. The normalized spacial score (nSPS) is 10.9. The average Bonchev–Trinajstić information content (AvgIpc) is 3.02. The molecule has 3 rings (SSSR count). The van der Waals surface area contributed by atoms with Crippen molar-refractivity contribution < 1.29 is 4.79 Å². The van der Waals surface area contributed by atoms with Crippen LogP contribution in [0.5, 0.6) is 0 Å². The van der Waals surface area contributed by atoms with Crippen LogP contribution in [-0.4, -0.2) is 22.4 Å². The number of nitrogens with two attached hydrogens (primary N) is 1. The van der Waals surface area contributed by atoms with Gasteiger partial charge in [-0.3, -0.25) is 4.79 Å². The first kappa shape index (κ1) is 13.6. The maximum atomic E-state index is 12.1. The van der Waals surface area contributed by atoms with Crippen LogP contribution in [0.2, 0.25) is 0 Å². The number of hydrogen-bond acceptors (Lipinski definition) is 4. The molecule has 0 unspecified atom stereocenters. The van der Waals surface area contributed by atoms with Crippen LogP contribution in [0.15, 0.2) is 30.5 Å². The first-order valence-corrected chi connectivity index (χ1v) is 7.53. The lowest BCUT2D eigenvalue weighted by Gasteiger charge is -2.03. The van der Waals surface area contributed by atoms with Gasteiger partial charge in [0, 0.05) is 23.6 Å². The van der Waals surface area contributed by atoms with Crippen molar-refractivity contribution in [3.8, 4) is 0 Å². The van der Waals surface area contributed by atoms with Gasteiger partial charge >= 0.3 is 0 Å². The number of amides is 1. The second kappa shape index (κ2) is 5.57. The molecule has 0 atom stereocenters. The molecule has 0 aliphatic rings. The van der Waals surface area contributed by atoms with Crippen molar-refractivity contribution >= 4 is 33.3 Å². The van der Waals surface area contributed by atoms with E-state index in [2.05, 4.69) is 21.4 Å². The molecule has 0 bridgehead atoms. The zero-order chi connectivity index (χ0) is 14.8. The number of fused-ring (bicyclic) bond motifs is 1. The highest BCUT2D eigenvalue weighted by Gasteiger charge is 2.13. The molecule has 6 heteroatoms. The fraction of sp³-hybridized carbons (Fsp3) is 0.200. The van der Waals surface area contributed by atoms with Gasteiger partial charge in [-0.1, -0.05) is 29.5 Å². The number of nitrogens with zero attached hydrogens (tertiary/aromatic N) is 1. The molecule has 0 saturated carbocycles. The van der Waals surface area contributed by atoms with Crippen LogP contribution >= 0.6 is 11.3 Å². The lowest BCUT2D eigenvalue weighted by Crippen LogP contribution is -2.25. The summed E-state index contributed by atoms with van der Waals surface area (Å²) in [5.74, 6) is -0.110. The second-order valence-electron chi connectivity index (χ2n) is 4.83. The van der Waals surface area contributed by atoms with Crippen molar-refractivity contribution in [3.63, 3.8) is 0 Å². The van der Waals surface area contributed by atoms with Gasteiger partial charge in [0.25, 0.3) is 5.91 Å². The van der Waals surface area contributed by atoms with Crippen LogP contribution in [-0.2, 0) is 6.42 Å². The van der Waals surface area contributed by atoms with E-state index in [1.807, 2.05) is 24.4 Å². The van der Waals surface area contributed by atoms with E-state index in [1.54, 1.807) is 6.92 Å². The summed E-state index contributed by atoms with van der Waals surface area (Å²) in [6, 6.07) is 8.14. The minimum Gasteiger partial charge on any atom is -0.375 e. The number of aromatic amines is 1. The molecule has 0 saturated heterocycles. The highest BCUT2D eigenvalue weighted by molar-refractivity contribution is 7.17. The Morgan fingerprint density at radius 2 is 2.24 bits per heavy atom. The zero-order valence-electron chi connectivity index (χ0n) is 11.6. The van der Waals surface area contributed by atoms with Crippen LogP contribution in [0.25, 0.3) is 10.9 Å². The highest BCUT2D eigenvalue weighted by Crippen LogP contribution is 2.20. The minimum absolute atomic E-state index is 0.110. The summed E-state index contributed by atoms with van der Waals surface area (Å²) < 4.78 is 0. The Hall–Kier alpha value is -2.34. The molecule has 0 fully saturated rings. The van der Waals surface area contributed by atoms with Gasteiger partial charge in [0.05, 0.1) is 5.69 Å². The highest BCUT2D eigenvalue weighted by atomic mass is 32.1. The number of carbonyl (C=O) groups excluding carboxylic acids is 1. The van der Waals surface area contributed by atoms with Gasteiger partial charge in [0.15, 0.2) is 5.13 Å². The smallest absolute Gasteiger partial charge is 0.263 e. The third kappa shape index (κ3) is 2.75. The molecule has 5 nitrogen and oxygen atoms in total. The standard InChI is InChI=1S/C15H16N4OS/c1-9-13(21-15(16)19-9)14(20)17-7-6-10-8-18-12-5-3-2-4-11(10)12/h2-5,8,18H,6-7H2,1H3,(H2,16,19)(H,17,20). The second-order valence-corrected chi connectivity index (χ2v) is 5.86. The largest absolute Gasteiger partial charge is 0.375 e. The fourth-order valence-corrected chi connectivity index (χ4v) is 3.11. The van der Waals surface area contributed by atoms with Gasteiger partial charge in [-0.25, -0.2) is 4.98 Å². The molecule has 2 heterocycles. The van der Waals surface area contributed by atoms with Crippen LogP contribution < -0.4 is 11.1 Å². The predicted molar refractivity (Wildman–Crippen MR) is 85.6 cm³/mol. The summed E-state index contributed by atoms with van der Waals surface area (Å²) in [4.78, 5) is 20.0. The van der Waals surface area contributed by atoms with E-state index >= 15 is 0 Å². The van der Waals surface area contributed by atoms with Gasteiger partial charge in [-0.2, -0.15) is 0 Å². The quantitative estimate of drug-likeness (QED) is 0.692. The summed E-state index contributed by atoms with van der Waals surface area (Å²) >= 11 is 1.22. The number of aromatic nitrogens is 2. The lowest BCUT2D eigenvalue weighted by molar-refractivity contribution is 0.0957. The molecule has 0 spiro atoms. The summed E-state index contributed by atoms with van der Waals surface area (Å²) in [5, 5.41) is 4.54. The van der Waals surface area contributed by atoms with Gasteiger partial charge in [-0.15, -0.1) is 0 Å². The maximum Gasteiger partial charge on any atom is 0.263 e. The number of nitrogen functional groups attached to an aromatic ring is 1. The molecule has 108 valence electrons. The Bertz CT molecular complexity index is 790. The number of nitrogens with one attached hydrogen (secondary N) is 2. The van der Waals surface area contributed by atoms with Crippen LogP contribution in [0.4, 0.5) is 5.13 Å². The molecule has 2 aromatic heterocycles. The Morgan fingerprint density at radius 3 is 3.00 bits per heavy atom. The summed E-state index contributed by atoms with van der Waals surface area (Å²) in [6.07, 6.45) is 2.77. The predicted octanol–water partition coefficient (Wildman–Crippen LogP) is 2.49. The van der Waals surface area contributed by atoms with E-state index in [1.165, 1.54) is 22.3 Å². The van der Waals surface area contributed by atoms with E-state index in [4.69, 9.17) is 5.73 Å². The number of carbonyl (C=O) groups is 1. The molecular formula is C15H16N4OS. The Kier molecular flexibility index (Phi) is 3.62. The number of thiazole rings is 1. The Morgan fingerprint density at radius 1 is 1.43 bits per heavy atom. The molecule has 1 aromatic carbocycles. The van der Waals surface area contributed by atoms with Gasteiger partial charge in [0.2, 0.25) is 0 Å². The van der Waals surface area contributed by atoms with Crippen LogP contribution in [0, 0.1) is 6.92 Å². The molecule has 0 radical (unpaired) electrons. The average molecular weight is 300 g/mol. The topological polar surface area (TPSA) is 83.8 Å². The van der Waals surface area contributed by atoms with E-state index in [-0.39, 0.29) is 5.91 Å². The molecule has 21 heavy (non-hydrogen) atoms. The first-order valence-electron chi connectivity index (χ1n) is 6.71. The number of rotatable bonds is 4. The molecule has 0 aliphatic carbocycles. The van der Waals surface area contributed by atoms with Crippen LogP contribution in [0.1, 0.15) is 20.9 Å². The van der Waals surface area contributed by atoms with Crippen LogP contribution in [0.3, 0.4) is 0 Å². The van der Waals surface area contributed by atoms with E-state index in [9.17, 15) is 4.79 Å². The summed E-state index contributed by atoms with van der Waals surface area (Å²) in [7, 11) is 0. The third-order valence-corrected chi connectivity index (χ3v) is 4.36. The van der Waals surface area contributed by atoms with E-state index in [0.29, 0.717) is 22.2 Å². The lowest BCUT2D eigenvalue weighted by atomic mass is 10.1. The van der Waals surface area contributed by atoms with Crippen molar-refractivity contribution in [3.05, 3.63) is 46.6 Å². The molecule has 0 aliphatic heterocycles. The minimum atomic E-state index is -0.110. The van der Waals surface area contributed by atoms with Crippen molar-refractivity contribution in [2.24, 2.45) is 0 Å². The monoisotopic (exact) mass is 300 g/mol. The molecule has 4 N–H and O–H groups in total. The van der Waals surface area contributed by atoms with E-state index in [0.717, 1.165) is 11.9 Å². The maximum absolute atomic E-state index is 12.1. The zero-order valence-corrected chi connectivity index (χ0v) is 12.5. The molecular weight excluding hydrogens is 284 g/mol. The first-order chi connectivity index (χ1) is 10.1. The number of H-pyrrole nitrogens is 1. The van der Waals surface area contributed by atoms with Crippen molar-refractivity contribution in [2.75, 3.05) is 12.3 Å². The van der Waals surface area contributed by atoms with Crippen molar-refractivity contribution in [2.45, 2.75) is 13.3 Å². The van der Waals surface area contributed by atoms with Crippen molar-refractivity contribution in [1.82, 2.24) is 15.3 Å². The number of para-hydroxylation sites is 1. The van der Waals surface area contributed by atoms with Gasteiger partial charge < -0.3 is 16.0 Å².